The van der Waals surface area contributed by atoms with Crippen LogP contribution in [-0.2, 0) is 0 Å². The second-order valence-corrected chi connectivity index (χ2v) is 5.10. The van der Waals surface area contributed by atoms with Gasteiger partial charge in [-0.3, -0.25) is 5.10 Å². The van der Waals surface area contributed by atoms with Crippen LogP contribution < -0.4 is 0 Å². The minimum absolute atomic E-state index is 0.358. The second-order valence-electron chi connectivity index (χ2n) is 3.73. The topological polar surface area (TPSA) is 67.3 Å². The van der Waals surface area contributed by atoms with Gasteiger partial charge < -0.3 is 0 Å². The molecule has 1 aromatic carbocycles. The van der Waals surface area contributed by atoms with Crippen LogP contribution in [-0.4, -0.2) is 25.1 Å². The number of nitrogens with zero attached hydrogens (tertiary/aromatic N) is 4. The van der Waals surface area contributed by atoms with Crippen LogP contribution in [0.4, 0.5) is 4.39 Å². The van der Waals surface area contributed by atoms with Crippen LogP contribution in [0.1, 0.15) is 0 Å². The van der Waals surface area contributed by atoms with Gasteiger partial charge in [0.25, 0.3) is 0 Å². The maximum absolute atomic E-state index is 13.6. The van der Waals surface area contributed by atoms with Crippen LogP contribution in [0.25, 0.3) is 11.4 Å². The van der Waals surface area contributed by atoms with Crippen molar-refractivity contribution in [3.63, 3.8) is 0 Å². The quantitative estimate of drug-likeness (QED) is 0.753. The van der Waals surface area contributed by atoms with E-state index in [0.717, 1.165) is 11.8 Å². The Morgan fingerprint density at radius 1 is 1.10 bits per heavy atom. The molecule has 0 amide bonds. The highest BCUT2D eigenvalue weighted by atomic mass is 35.5. The molecule has 0 saturated heterocycles. The van der Waals surface area contributed by atoms with Crippen molar-refractivity contribution in [2.75, 3.05) is 0 Å². The Kier molecular flexibility index (Phi) is 3.62. The Balaban J connectivity index is 1.84. The average Bonchev–Trinajstić information content (AvgIpc) is 2.90. The first kappa shape index (κ1) is 13.0. The molecule has 2 aromatic heterocycles. The third kappa shape index (κ3) is 2.78. The molecule has 0 aliphatic rings. The molecule has 5 nitrogen and oxygen atoms in total. The lowest BCUT2D eigenvalue weighted by molar-refractivity contribution is 0.630. The van der Waals surface area contributed by atoms with Crippen LogP contribution >= 0.6 is 23.4 Å². The SMILES string of the molecule is Fc1ccccc1-c1nc(Sc2ncc(Cl)cn2)n[nH]1. The molecule has 3 aromatic rings. The van der Waals surface area contributed by atoms with E-state index in [9.17, 15) is 4.39 Å². The predicted octanol–water partition coefficient (Wildman–Crippen LogP) is 3.21. The van der Waals surface area contributed by atoms with Crippen molar-refractivity contribution < 1.29 is 4.39 Å². The second kappa shape index (κ2) is 5.56. The molecule has 0 aliphatic carbocycles. The average molecular weight is 308 g/mol. The molecule has 0 radical (unpaired) electrons. The Labute approximate surface area is 122 Å². The molecule has 0 aliphatic heterocycles. The summed E-state index contributed by atoms with van der Waals surface area (Å²) >= 11 is 6.86. The van der Waals surface area contributed by atoms with Gasteiger partial charge in [0.2, 0.25) is 5.16 Å². The van der Waals surface area contributed by atoms with E-state index in [1.165, 1.54) is 18.5 Å². The predicted molar refractivity (Wildman–Crippen MR) is 72.9 cm³/mol. The Bertz CT molecular complexity index is 731. The Morgan fingerprint density at radius 3 is 2.60 bits per heavy atom. The smallest absolute Gasteiger partial charge is 0.216 e. The van der Waals surface area contributed by atoms with Crippen LogP contribution in [0.5, 0.6) is 0 Å². The maximum atomic E-state index is 13.6. The Hall–Kier alpha value is -1.99. The molecule has 100 valence electrons. The van der Waals surface area contributed by atoms with Crippen molar-refractivity contribution in [2.24, 2.45) is 0 Å². The van der Waals surface area contributed by atoms with E-state index >= 15 is 0 Å². The number of aromatic amines is 1. The standard InChI is InChI=1S/C12H7ClFN5S/c13-7-5-15-11(16-6-7)20-12-17-10(18-19-12)8-3-1-2-4-9(8)14/h1-6H,(H,17,18,19). The third-order valence-electron chi connectivity index (χ3n) is 2.37. The van der Waals surface area contributed by atoms with Crippen LogP contribution in [0.3, 0.4) is 0 Å². The van der Waals surface area contributed by atoms with E-state index in [1.54, 1.807) is 18.2 Å². The summed E-state index contributed by atoms with van der Waals surface area (Å²) in [5, 5.41) is 8.02. The Morgan fingerprint density at radius 2 is 1.85 bits per heavy atom. The highest BCUT2D eigenvalue weighted by Crippen LogP contribution is 2.24. The molecule has 3 rings (SSSR count). The van der Waals surface area contributed by atoms with E-state index in [0.29, 0.717) is 26.7 Å². The zero-order valence-corrected chi connectivity index (χ0v) is 11.5. The number of H-pyrrole nitrogens is 1. The molecule has 0 spiro atoms. The first-order chi connectivity index (χ1) is 9.72. The third-order valence-corrected chi connectivity index (χ3v) is 3.33. The molecule has 0 atom stereocenters. The zero-order valence-electron chi connectivity index (χ0n) is 9.92. The van der Waals surface area contributed by atoms with Gasteiger partial charge in [-0.1, -0.05) is 23.7 Å². The van der Waals surface area contributed by atoms with Crippen molar-refractivity contribution >= 4 is 23.4 Å². The summed E-state index contributed by atoms with van der Waals surface area (Å²) in [6.07, 6.45) is 2.97. The molecular formula is C12H7ClFN5S. The monoisotopic (exact) mass is 307 g/mol. The van der Waals surface area contributed by atoms with Crippen molar-refractivity contribution in [1.29, 1.82) is 0 Å². The number of nitrogens with one attached hydrogen (secondary N) is 1. The molecule has 0 bridgehead atoms. The summed E-state index contributed by atoms with van der Waals surface area (Å²) in [6, 6.07) is 6.35. The van der Waals surface area contributed by atoms with E-state index in [4.69, 9.17) is 11.6 Å². The van der Waals surface area contributed by atoms with Crippen LogP contribution in [0.2, 0.25) is 5.02 Å². The highest BCUT2D eigenvalue weighted by Gasteiger charge is 2.11. The number of aromatic nitrogens is 5. The molecule has 0 unspecified atom stereocenters. The highest BCUT2D eigenvalue weighted by molar-refractivity contribution is 7.99. The summed E-state index contributed by atoms with van der Waals surface area (Å²) in [5.74, 6) is 0.00232. The van der Waals surface area contributed by atoms with Crippen molar-refractivity contribution in [1.82, 2.24) is 25.1 Å². The fourth-order valence-corrected chi connectivity index (χ4v) is 2.20. The summed E-state index contributed by atoms with van der Waals surface area (Å²) in [5.41, 5.74) is 0.365. The van der Waals surface area contributed by atoms with Gasteiger partial charge in [-0.15, -0.1) is 5.10 Å². The van der Waals surface area contributed by atoms with Crippen LogP contribution in [0.15, 0.2) is 47.0 Å². The van der Waals surface area contributed by atoms with Gasteiger partial charge in [-0.25, -0.2) is 19.3 Å². The van der Waals surface area contributed by atoms with Gasteiger partial charge in [0.1, 0.15) is 5.82 Å². The van der Waals surface area contributed by atoms with Gasteiger partial charge in [-0.2, -0.15) is 0 Å². The van der Waals surface area contributed by atoms with Crippen LogP contribution in [0, 0.1) is 5.82 Å². The normalized spacial score (nSPS) is 10.7. The lowest BCUT2D eigenvalue weighted by Gasteiger charge is -1.96. The molecule has 0 fully saturated rings. The van der Waals surface area contributed by atoms with Gasteiger partial charge in [-0.05, 0) is 23.9 Å². The summed E-state index contributed by atoms with van der Waals surface area (Å²) in [6.45, 7) is 0. The lowest BCUT2D eigenvalue weighted by Crippen LogP contribution is -1.86. The number of halogens is 2. The maximum Gasteiger partial charge on any atom is 0.216 e. The fraction of sp³-hybridized carbons (Fsp3) is 0. The number of benzene rings is 1. The van der Waals surface area contributed by atoms with Crippen molar-refractivity contribution in [2.45, 2.75) is 10.3 Å². The molecule has 0 saturated carbocycles. The zero-order chi connectivity index (χ0) is 13.9. The van der Waals surface area contributed by atoms with E-state index in [1.807, 2.05) is 0 Å². The van der Waals surface area contributed by atoms with E-state index in [2.05, 4.69) is 25.1 Å². The molecule has 1 N–H and O–H groups in total. The fourth-order valence-electron chi connectivity index (χ4n) is 1.50. The van der Waals surface area contributed by atoms with Crippen molar-refractivity contribution in [3.8, 4) is 11.4 Å². The molecule has 2 heterocycles. The molecular weight excluding hydrogens is 301 g/mol. The van der Waals surface area contributed by atoms with Gasteiger partial charge in [0.05, 0.1) is 23.0 Å². The van der Waals surface area contributed by atoms with Gasteiger partial charge >= 0.3 is 0 Å². The molecule has 8 heteroatoms. The number of rotatable bonds is 3. The summed E-state index contributed by atoms with van der Waals surface area (Å²) in [7, 11) is 0. The largest absolute Gasteiger partial charge is 0.258 e. The first-order valence-corrected chi connectivity index (χ1v) is 6.74. The van der Waals surface area contributed by atoms with Gasteiger partial charge in [0.15, 0.2) is 11.0 Å². The van der Waals surface area contributed by atoms with Crippen molar-refractivity contribution in [3.05, 3.63) is 47.5 Å². The summed E-state index contributed by atoms with van der Waals surface area (Å²) < 4.78 is 13.6. The molecule has 20 heavy (non-hydrogen) atoms. The van der Waals surface area contributed by atoms with E-state index in [-0.39, 0.29) is 5.82 Å². The van der Waals surface area contributed by atoms with Gasteiger partial charge in [0, 0.05) is 0 Å². The summed E-state index contributed by atoms with van der Waals surface area (Å²) in [4.78, 5) is 12.3. The number of hydrogen-bond acceptors (Lipinski definition) is 5. The number of hydrogen-bond donors (Lipinski definition) is 1. The first-order valence-electron chi connectivity index (χ1n) is 5.55. The lowest BCUT2D eigenvalue weighted by atomic mass is 10.2. The minimum atomic E-state index is -0.358. The minimum Gasteiger partial charge on any atom is -0.258 e. The van der Waals surface area contributed by atoms with E-state index < -0.39 is 0 Å².